The minimum absolute atomic E-state index is 1.06. The van der Waals surface area contributed by atoms with Crippen LogP contribution in [0.5, 0.6) is 0 Å². The van der Waals surface area contributed by atoms with Gasteiger partial charge >= 0.3 is 0 Å². The fourth-order valence-corrected chi connectivity index (χ4v) is 1.53. The van der Waals surface area contributed by atoms with Crippen LogP contribution in [0, 0.1) is 6.92 Å². The van der Waals surface area contributed by atoms with Crippen molar-refractivity contribution in [3.63, 3.8) is 0 Å². The van der Waals surface area contributed by atoms with E-state index in [-0.39, 0.29) is 0 Å². The van der Waals surface area contributed by atoms with Gasteiger partial charge in [0.2, 0.25) is 0 Å². The quantitative estimate of drug-likeness (QED) is 0.698. The van der Waals surface area contributed by atoms with Crippen molar-refractivity contribution in [1.82, 2.24) is 4.98 Å². The Hall–Kier alpha value is -1.57. The third-order valence-electron chi connectivity index (χ3n) is 2.40. The van der Waals surface area contributed by atoms with Gasteiger partial charge in [0.1, 0.15) is 0 Å². The zero-order chi connectivity index (χ0) is 10.1. The standard InChI is InChI=1S/C12H14N2/c1-8-4-6-11(13-8)10(3)12-7-5-9(2)14-12/h4-7,13H,1-3H3/b12-10-. The topological polar surface area (TPSA) is 28.1 Å². The van der Waals surface area contributed by atoms with E-state index in [9.17, 15) is 0 Å². The molecule has 14 heavy (non-hydrogen) atoms. The van der Waals surface area contributed by atoms with E-state index >= 15 is 0 Å². The molecule has 1 aromatic heterocycles. The molecule has 1 aliphatic heterocycles. The van der Waals surface area contributed by atoms with Crippen LogP contribution in [0.3, 0.4) is 0 Å². The van der Waals surface area contributed by atoms with Crippen molar-refractivity contribution in [2.75, 3.05) is 0 Å². The second-order valence-corrected chi connectivity index (χ2v) is 3.65. The third kappa shape index (κ3) is 1.55. The summed E-state index contributed by atoms with van der Waals surface area (Å²) in [5, 5.41) is 0. The van der Waals surface area contributed by atoms with E-state index in [1.807, 2.05) is 13.0 Å². The monoisotopic (exact) mass is 186 g/mol. The van der Waals surface area contributed by atoms with E-state index < -0.39 is 0 Å². The second-order valence-electron chi connectivity index (χ2n) is 3.65. The molecule has 72 valence electrons. The zero-order valence-corrected chi connectivity index (χ0v) is 8.76. The molecule has 0 saturated carbocycles. The van der Waals surface area contributed by atoms with Gasteiger partial charge in [0, 0.05) is 17.1 Å². The molecule has 0 unspecified atom stereocenters. The highest BCUT2D eigenvalue weighted by Crippen LogP contribution is 2.22. The van der Waals surface area contributed by atoms with Crippen LogP contribution in [-0.2, 0) is 0 Å². The Morgan fingerprint density at radius 3 is 2.50 bits per heavy atom. The molecule has 0 fully saturated rings. The third-order valence-corrected chi connectivity index (χ3v) is 2.40. The lowest BCUT2D eigenvalue weighted by Crippen LogP contribution is -1.84. The molecule has 1 N–H and O–H groups in total. The molecule has 0 spiro atoms. The van der Waals surface area contributed by atoms with Crippen LogP contribution in [0.1, 0.15) is 25.2 Å². The van der Waals surface area contributed by atoms with E-state index in [0.717, 1.165) is 17.1 Å². The summed E-state index contributed by atoms with van der Waals surface area (Å²) in [5.41, 5.74) is 5.67. The fraction of sp³-hybridized carbons (Fsp3) is 0.250. The highest BCUT2D eigenvalue weighted by Gasteiger charge is 2.06. The lowest BCUT2D eigenvalue weighted by atomic mass is 10.2. The molecule has 2 nitrogen and oxygen atoms in total. The summed E-state index contributed by atoms with van der Waals surface area (Å²) in [7, 11) is 0. The van der Waals surface area contributed by atoms with Crippen molar-refractivity contribution in [2.24, 2.45) is 4.99 Å². The average molecular weight is 186 g/mol. The first kappa shape index (κ1) is 9.00. The molecule has 2 heteroatoms. The van der Waals surface area contributed by atoms with Gasteiger partial charge in [0.25, 0.3) is 0 Å². The Morgan fingerprint density at radius 2 is 2.00 bits per heavy atom. The zero-order valence-electron chi connectivity index (χ0n) is 8.76. The normalized spacial score (nSPS) is 18.6. The van der Waals surface area contributed by atoms with E-state index in [0.29, 0.717) is 0 Å². The number of H-pyrrole nitrogens is 1. The highest BCUT2D eigenvalue weighted by atomic mass is 14.8. The first-order valence-electron chi connectivity index (χ1n) is 4.77. The Bertz CT molecular complexity index is 445. The average Bonchev–Trinajstić information content (AvgIpc) is 2.73. The maximum Gasteiger partial charge on any atom is 0.0683 e. The van der Waals surface area contributed by atoms with Crippen LogP contribution in [0.4, 0.5) is 0 Å². The summed E-state index contributed by atoms with van der Waals surface area (Å²) in [6, 6.07) is 4.17. The summed E-state index contributed by atoms with van der Waals surface area (Å²) >= 11 is 0. The number of aromatic nitrogens is 1. The molecule has 0 atom stereocenters. The van der Waals surface area contributed by atoms with Gasteiger partial charge in [-0.1, -0.05) is 0 Å². The fourth-order valence-electron chi connectivity index (χ4n) is 1.53. The van der Waals surface area contributed by atoms with Gasteiger partial charge in [-0.25, -0.2) is 0 Å². The molecule has 2 heterocycles. The molecule has 0 saturated heterocycles. The first-order chi connectivity index (χ1) is 6.66. The number of hydrogen-bond donors (Lipinski definition) is 1. The Morgan fingerprint density at radius 1 is 1.21 bits per heavy atom. The van der Waals surface area contributed by atoms with Gasteiger partial charge in [0.05, 0.1) is 5.70 Å². The van der Waals surface area contributed by atoms with E-state index in [1.54, 1.807) is 0 Å². The van der Waals surface area contributed by atoms with Crippen molar-refractivity contribution >= 4 is 11.3 Å². The number of aliphatic imine (C=N–C) groups is 1. The number of allylic oxidation sites excluding steroid dienone is 3. The van der Waals surface area contributed by atoms with E-state index in [2.05, 4.69) is 42.0 Å². The number of hydrogen-bond acceptors (Lipinski definition) is 1. The molecule has 2 rings (SSSR count). The van der Waals surface area contributed by atoms with Crippen LogP contribution >= 0.6 is 0 Å². The van der Waals surface area contributed by atoms with E-state index in [1.165, 1.54) is 11.3 Å². The van der Waals surface area contributed by atoms with Gasteiger partial charge in [-0.3, -0.25) is 4.99 Å². The molecular weight excluding hydrogens is 172 g/mol. The number of rotatable bonds is 1. The van der Waals surface area contributed by atoms with Gasteiger partial charge in [-0.15, -0.1) is 0 Å². The Balaban J connectivity index is 2.41. The lowest BCUT2D eigenvalue weighted by molar-refractivity contribution is 1.22. The molecule has 0 aromatic carbocycles. The van der Waals surface area contributed by atoms with Crippen LogP contribution < -0.4 is 0 Å². The largest absolute Gasteiger partial charge is 0.359 e. The second kappa shape index (κ2) is 3.29. The predicted molar refractivity (Wildman–Crippen MR) is 60.4 cm³/mol. The molecule has 0 radical (unpaired) electrons. The van der Waals surface area contributed by atoms with Gasteiger partial charge in [-0.05, 0) is 50.6 Å². The number of nitrogens with zero attached hydrogens (tertiary/aromatic N) is 1. The molecule has 1 aromatic rings. The summed E-state index contributed by atoms with van der Waals surface area (Å²) in [6.07, 6.45) is 4.09. The molecule has 0 aliphatic carbocycles. The van der Waals surface area contributed by atoms with Crippen LogP contribution in [0.25, 0.3) is 5.57 Å². The predicted octanol–water partition coefficient (Wildman–Crippen LogP) is 3.08. The summed E-state index contributed by atoms with van der Waals surface area (Å²) in [5.74, 6) is 0. The Kier molecular flexibility index (Phi) is 2.12. The van der Waals surface area contributed by atoms with Crippen molar-refractivity contribution in [3.8, 4) is 0 Å². The maximum absolute atomic E-state index is 4.44. The highest BCUT2D eigenvalue weighted by molar-refractivity contribution is 5.98. The SMILES string of the molecule is CC1=N/C(=C(/C)c2ccc(C)[nH]2)C=C1. The van der Waals surface area contributed by atoms with Crippen LogP contribution in [0.2, 0.25) is 0 Å². The Labute approximate surface area is 84.1 Å². The summed E-state index contributed by atoms with van der Waals surface area (Å²) in [6.45, 7) is 6.16. The minimum atomic E-state index is 1.06. The molecule has 0 bridgehead atoms. The smallest absolute Gasteiger partial charge is 0.0683 e. The van der Waals surface area contributed by atoms with E-state index in [4.69, 9.17) is 0 Å². The summed E-state index contributed by atoms with van der Waals surface area (Å²) < 4.78 is 0. The van der Waals surface area contributed by atoms with Crippen molar-refractivity contribution in [3.05, 3.63) is 41.4 Å². The van der Waals surface area contributed by atoms with Crippen molar-refractivity contribution in [1.29, 1.82) is 0 Å². The summed E-state index contributed by atoms with van der Waals surface area (Å²) in [4.78, 5) is 7.75. The van der Waals surface area contributed by atoms with Gasteiger partial charge in [0.15, 0.2) is 0 Å². The van der Waals surface area contributed by atoms with Crippen LogP contribution in [0.15, 0.2) is 35.0 Å². The molecule has 1 aliphatic rings. The molecular formula is C12H14N2. The van der Waals surface area contributed by atoms with Crippen molar-refractivity contribution in [2.45, 2.75) is 20.8 Å². The lowest BCUT2D eigenvalue weighted by Gasteiger charge is -1.99. The van der Waals surface area contributed by atoms with Gasteiger partial charge in [-0.2, -0.15) is 0 Å². The minimum Gasteiger partial charge on any atom is -0.359 e. The number of aryl methyl sites for hydroxylation is 1. The molecule has 0 amide bonds. The first-order valence-corrected chi connectivity index (χ1v) is 4.77. The number of aromatic amines is 1. The van der Waals surface area contributed by atoms with Crippen LogP contribution in [-0.4, -0.2) is 10.7 Å². The number of nitrogens with one attached hydrogen (secondary N) is 1. The van der Waals surface area contributed by atoms with Gasteiger partial charge < -0.3 is 4.98 Å². The van der Waals surface area contributed by atoms with Crippen molar-refractivity contribution < 1.29 is 0 Å². The maximum atomic E-state index is 4.44.